The molecule has 1 aromatic heterocycles. The molecule has 0 aliphatic carbocycles. The molecule has 1 saturated heterocycles. The molecule has 0 radical (unpaired) electrons. The first kappa shape index (κ1) is 22.0. The van der Waals surface area contributed by atoms with Crippen LogP contribution in [0.4, 0.5) is 23.0 Å². The van der Waals surface area contributed by atoms with Crippen molar-refractivity contribution in [3.63, 3.8) is 0 Å². The Hall–Kier alpha value is -4.22. The van der Waals surface area contributed by atoms with E-state index >= 15 is 0 Å². The summed E-state index contributed by atoms with van der Waals surface area (Å²) in [6.07, 6.45) is 2.71. The summed E-state index contributed by atoms with van der Waals surface area (Å²) >= 11 is 0. The molecule has 0 spiro atoms. The Bertz CT molecular complexity index is 1210. The Balaban J connectivity index is 1.59. The van der Waals surface area contributed by atoms with E-state index in [2.05, 4.69) is 62.2 Å². The number of amides is 1. The van der Waals surface area contributed by atoms with Crippen molar-refractivity contribution in [2.75, 3.05) is 48.8 Å². The number of benzene rings is 2. The Kier molecular flexibility index (Phi) is 6.62. The zero-order chi connectivity index (χ0) is 23.2. The van der Waals surface area contributed by atoms with Gasteiger partial charge in [0.15, 0.2) is 0 Å². The van der Waals surface area contributed by atoms with Gasteiger partial charge >= 0.3 is 0 Å². The first-order valence-corrected chi connectivity index (χ1v) is 10.7. The van der Waals surface area contributed by atoms with Crippen molar-refractivity contribution >= 4 is 28.9 Å². The maximum absolute atomic E-state index is 11.6. The summed E-state index contributed by atoms with van der Waals surface area (Å²) < 4.78 is 0. The van der Waals surface area contributed by atoms with Crippen molar-refractivity contribution < 1.29 is 4.79 Å². The molecule has 0 saturated carbocycles. The largest absolute Gasteiger partial charge is 0.369 e. The van der Waals surface area contributed by atoms with Gasteiger partial charge in [0.2, 0.25) is 11.9 Å². The zero-order valence-corrected chi connectivity index (χ0v) is 18.5. The first-order chi connectivity index (χ1) is 16.1. The maximum Gasteiger partial charge on any atom is 0.247 e. The molecule has 1 amide bonds. The average Bonchev–Trinajstić information content (AvgIpc) is 2.84. The number of aromatic nitrogens is 2. The monoisotopic (exact) mass is 439 g/mol. The van der Waals surface area contributed by atoms with E-state index in [0.29, 0.717) is 28.5 Å². The third-order valence-electron chi connectivity index (χ3n) is 5.47. The van der Waals surface area contributed by atoms with E-state index < -0.39 is 0 Å². The third-order valence-corrected chi connectivity index (χ3v) is 5.47. The minimum absolute atomic E-state index is 0.307. The fourth-order valence-corrected chi connectivity index (χ4v) is 3.66. The molecular weight excluding hydrogens is 414 g/mol. The van der Waals surface area contributed by atoms with Gasteiger partial charge in [-0.05, 0) is 43.5 Å². The number of carbonyl (C=O) groups excluding carboxylic acids is 1. The van der Waals surface area contributed by atoms with Gasteiger partial charge in [-0.15, -0.1) is 0 Å². The van der Waals surface area contributed by atoms with Gasteiger partial charge in [0.1, 0.15) is 6.07 Å². The van der Waals surface area contributed by atoms with Crippen LogP contribution in [0.25, 0.3) is 11.3 Å². The number of nitriles is 1. The number of anilines is 4. The van der Waals surface area contributed by atoms with Gasteiger partial charge in [0.25, 0.3) is 0 Å². The lowest BCUT2D eigenvalue weighted by Gasteiger charge is -2.34. The van der Waals surface area contributed by atoms with Gasteiger partial charge < -0.3 is 20.4 Å². The highest BCUT2D eigenvalue weighted by molar-refractivity contribution is 5.99. The standard InChI is InChI=1S/C25H25N7O/c1-3-23(33)28-20-7-4-6-18(14-20)24-19(16-26)17-27-25(30-24)29-21-8-5-9-22(15-21)32-12-10-31(2)11-13-32/h3-9,14-15,17H,1,10-13H2,2H3,(H,28,33)(H,27,29,30). The van der Waals surface area contributed by atoms with E-state index in [0.717, 1.165) is 37.6 Å². The predicted molar refractivity (Wildman–Crippen MR) is 130 cm³/mol. The number of likely N-dealkylation sites (N-methyl/N-ethyl adjacent to an activating group) is 1. The van der Waals surface area contributed by atoms with Gasteiger partial charge in [-0.3, -0.25) is 4.79 Å². The van der Waals surface area contributed by atoms with Crippen molar-refractivity contribution in [2.45, 2.75) is 0 Å². The molecule has 1 fully saturated rings. The lowest BCUT2D eigenvalue weighted by Crippen LogP contribution is -2.44. The summed E-state index contributed by atoms with van der Waals surface area (Å²) in [6, 6.07) is 17.5. The van der Waals surface area contributed by atoms with Gasteiger partial charge in [-0.2, -0.15) is 5.26 Å². The van der Waals surface area contributed by atoms with Gasteiger partial charge in [-0.1, -0.05) is 24.8 Å². The molecule has 8 heteroatoms. The molecule has 2 aromatic carbocycles. The average molecular weight is 440 g/mol. The quantitative estimate of drug-likeness (QED) is 0.566. The third kappa shape index (κ3) is 5.34. The van der Waals surface area contributed by atoms with Crippen molar-refractivity contribution in [2.24, 2.45) is 0 Å². The summed E-state index contributed by atoms with van der Waals surface area (Å²) in [5, 5.41) is 15.6. The molecule has 166 valence electrons. The Labute approximate surface area is 193 Å². The highest BCUT2D eigenvalue weighted by Gasteiger charge is 2.15. The van der Waals surface area contributed by atoms with Crippen LogP contribution in [0.3, 0.4) is 0 Å². The SMILES string of the molecule is C=CC(=O)Nc1cccc(-c2nc(Nc3cccc(N4CCN(C)CC4)c3)ncc2C#N)c1. The summed E-state index contributed by atoms with van der Waals surface area (Å²) in [5.74, 6) is 0.0815. The first-order valence-electron chi connectivity index (χ1n) is 10.7. The van der Waals surface area contributed by atoms with E-state index in [1.54, 1.807) is 18.2 Å². The van der Waals surface area contributed by atoms with E-state index in [1.165, 1.54) is 12.3 Å². The van der Waals surface area contributed by atoms with Gasteiger partial charge in [0, 0.05) is 48.8 Å². The predicted octanol–water partition coefficient (Wildman–Crippen LogP) is 3.64. The second kappa shape index (κ2) is 9.94. The summed E-state index contributed by atoms with van der Waals surface area (Å²) in [5.41, 5.74) is 4.14. The van der Waals surface area contributed by atoms with Crippen LogP contribution < -0.4 is 15.5 Å². The molecule has 4 rings (SSSR count). The van der Waals surface area contributed by atoms with Crippen LogP contribution in [0, 0.1) is 11.3 Å². The fraction of sp³-hybridized carbons (Fsp3) is 0.200. The second-order valence-electron chi connectivity index (χ2n) is 7.81. The van der Waals surface area contributed by atoms with E-state index in [9.17, 15) is 10.1 Å². The van der Waals surface area contributed by atoms with Crippen LogP contribution in [-0.4, -0.2) is 54.0 Å². The van der Waals surface area contributed by atoms with Crippen LogP contribution in [-0.2, 0) is 4.79 Å². The molecule has 8 nitrogen and oxygen atoms in total. The number of hydrogen-bond donors (Lipinski definition) is 2. The van der Waals surface area contributed by atoms with E-state index in [-0.39, 0.29) is 5.91 Å². The molecule has 0 atom stereocenters. The Morgan fingerprint density at radius 2 is 1.88 bits per heavy atom. The highest BCUT2D eigenvalue weighted by atomic mass is 16.1. The lowest BCUT2D eigenvalue weighted by molar-refractivity contribution is -0.111. The summed E-state index contributed by atoms with van der Waals surface area (Å²) in [6.45, 7) is 7.50. The van der Waals surface area contributed by atoms with E-state index in [1.807, 2.05) is 18.2 Å². The van der Waals surface area contributed by atoms with Crippen molar-refractivity contribution in [3.8, 4) is 17.3 Å². The molecule has 0 unspecified atom stereocenters. The topological polar surface area (TPSA) is 97.2 Å². The van der Waals surface area contributed by atoms with Crippen LogP contribution in [0.15, 0.2) is 67.4 Å². The minimum atomic E-state index is -0.307. The molecule has 3 aromatic rings. The van der Waals surface area contributed by atoms with Crippen LogP contribution in [0.5, 0.6) is 0 Å². The molecule has 2 heterocycles. The molecule has 33 heavy (non-hydrogen) atoms. The van der Waals surface area contributed by atoms with Crippen molar-refractivity contribution in [1.82, 2.24) is 14.9 Å². The van der Waals surface area contributed by atoms with Crippen LogP contribution >= 0.6 is 0 Å². The minimum Gasteiger partial charge on any atom is -0.369 e. The Morgan fingerprint density at radius 3 is 2.64 bits per heavy atom. The number of nitrogens with zero attached hydrogens (tertiary/aromatic N) is 5. The smallest absolute Gasteiger partial charge is 0.247 e. The fourth-order valence-electron chi connectivity index (χ4n) is 3.66. The number of carbonyl (C=O) groups is 1. The molecule has 1 aliphatic rings. The van der Waals surface area contributed by atoms with E-state index in [4.69, 9.17) is 0 Å². The number of rotatable bonds is 6. The number of piperazine rings is 1. The zero-order valence-electron chi connectivity index (χ0n) is 18.5. The molecule has 0 bridgehead atoms. The highest BCUT2D eigenvalue weighted by Crippen LogP contribution is 2.27. The number of nitrogens with one attached hydrogen (secondary N) is 2. The molecule has 2 N–H and O–H groups in total. The second-order valence-corrected chi connectivity index (χ2v) is 7.81. The number of hydrogen-bond acceptors (Lipinski definition) is 7. The van der Waals surface area contributed by atoms with Crippen molar-refractivity contribution in [3.05, 3.63) is 72.9 Å². The normalized spacial score (nSPS) is 13.8. The molecular formula is C25H25N7O. The summed E-state index contributed by atoms with van der Waals surface area (Å²) in [7, 11) is 2.14. The van der Waals surface area contributed by atoms with Crippen LogP contribution in [0.2, 0.25) is 0 Å². The Morgan fingerprint density at radius 1 is 1.12 bits per heavy atom. The van der Waals surface area contributed by atoms with Gasteiger partial charge in [-0.25, -0.2) is 9.97 Å². The summed E-state index contributed by atoms with van der Waals surface area (Å²) in [4.78, 5) is 25.2. The maximum atomic E-state index is 11.6. The molecule has 1 aliphatic heterocycles. The van der Waals surface area contributed by atoms with Crippen molar-refractivity contribution in [1.29, 1.82) is 5.26 Å². The van der Waals surface area contributed by atoms with Crippen LogP contribution in [0.1, 0.15) is 5.56 Å². The lowest BCUT2D eigenvalue weighted by atomic mass is 10.1. The van der Waals surface area contributed by atoms with Gasteiger partial charge in [0.05, 0.1) is 17.5 Å².